The molecule has 23 heavy (non-hydrogen) atoms. The molecule has 0 aliphatic heterocycles. The second-order valence-corrected chi connectivity index (χ2v) is 7.01. The van der Waals surface area contributed by atoms with Crippen molar-refractivity contribution in [2.45, 2.75) is 53.6 Å². The Morgan fingerprint density at radius 1 is 1.30 bits per heavy atom. The number of nitrogens with zero attached hydrogens (tertiary/aromatic N) is 2. The van der Waals surface area contributed by atoms with Crippen molar-refractivity contribution in [1.82, 2.24) is 15.1 Å². The van der Waals surface area contributed by atoms with Crippen LogP contribution in [0.5, 0.6) is 0 Å². The number of hydrogen-bond acceptors (Lipinski definition) is 2. The van der Waals surface area contributed by atoms with E-state index in [2.05, 4.69) is 26.3 Å². The minimum Gasteiger partial charge on any atom is -0.348 e. The summed E-state index contributed by atoms with van der Waals surface area (Å²) in [6.07, 6.45) is 3.39. The Kier molecular flexibility index (Phi) is 7.01. The SMILES string of the molecule is CC.Cc1cc(Br)ccc1CNC(=O)c1cnn(C(C)(C)C)c1. The van der Waals surface area contributed by atoms with Crippen molar-refractivity contribution in [2.75, 3.05) is 0 Å². The number of nitrogens with one attached hydrogen (secondary N) is 1. The van der Waals surface area contributed by atoms with Gasteiger partial charge in [0.2, 0.25) is 0 Å². The van der Waals surface area contributed by atoms with Crippen molar-refractivity contribution in [2.24, 2.45) is 0 Å². The molecule has 1 aromatic heterocycles. The van der Waals surface area contributed by atoms with E-state index < -0.39 is 0 Å². The summed E-state index contributed by atoms with van der Waals surface area (Å²) in [6, 6.07) is 6.03. The van der Waals surface area contributed by atoms with Gasteiger partial charge in [-0.2, -0.15) is 5.10 Å². The normalized spacial score (nSPS) is 10.7. The molecule has 126 valence electrons. The van der Waals surface area contributed by atoms with Crippen LogP contribution in [0.4, 0.5) is 0 Å². The first-order chi connectivity index (χ1) is 10.8. The van der Waals surface area contributed by atoms with Gasteiger partial charge in [-0.25, -0.2) is 0 Å². The van der Waals surface area contributed by atoms with Gasteiger partial charge in [0.05, 0.1) is 17.3 Å². The number of hydrogen-bond donors (Lipinski definition) is 1. The molecule has 0 spiro atoms. The standard InChI is InChI=1S/C16H20BrN3O.C2H6/c1-11-7-14(17)6-5-12(11)8-18-15(21)13-9-19-20(10-13)16(2,3)4;1-2/h5-7,9-10H,8H2,1-4H3,(H,18,21);1-2H3. The maximum atomic E-state index is 12.2. The van der Waals surface area contributed by atoms with Crippen molar-refractivity contribution < 1.29 is 4.79 Å². The van der Waals surface area contributed by atoms with Gasteiger partial charge in [-0.1, -0.05) is 35.8 Å². The molecule has 4 nitrogen and oxygen atoms in total. The van der Waals surface area contributed by atoms with Gasteiger partial charge in [-0.15, -0.1) is 0 Å². The second kappa shape index (κ2) is 8.29. The van der Waals surface area contributed by atoms with Crippen LogP contribution in [0, 0.1) is 6.92 Å². The number of rotatable bonds is 3. The average molecular weight is 380 g/mol. The minimum atomic E-state index is -0.124. The van der Waals surface area contributed by atoms with Gasteiger partial charge in [0, 0.05) is 17.2 Å². The Bertz CT molecular complexity index is 657. The quantitative estimate of drug-likeness (QED) is 0.842. The zero-order valence-electron chi connectivity index (χ0n) is 14.8. The van der Waals surface area contributed by atoms with Crippen molar-refractivity contribution >= 4 is 21.8 Å². The lowest BCUT2D eigenvalue weighted by atomic mass is 10.1. The molecule has 1 aromatic carbocycles. The monoisotopic (exact) mass is 379 g/mol. The van der Waals surface area contributed by atoms with E-state index in [0.717, 1.165) is 15.6 Å². The third kappa shape index (κ3) is 5.50. The predicted octanol–water partition coefficient (Wildman–Crippen LogP) is 4.67. The first-order valence-corrected chi connectivity index (χ1v) is 8.65. The molecule has 1 amide bonds. The molecule has 0 aliphatic rings. The molecular weight excluding hydrogens is 354 g/mol. The Morgan fingerprint density at radius 3 is 2.48 bits per heavy atom. The molecule has 0 saturated heterocycles. The molecule has 5 heteroatoms. The van der Waals surface area contributed by atoms with Crippen LogP contribution >= 0.6 is 15.9 Å². The van der Waals surface area contributed by atoms with Gasteiger partial charge in [-0.3, -0.25) is 9.48 Å². The van der Waals surface area contributed by atoms with Gasteiger partial charge < -0.3 is 5.32 Å². The third-order valence-electron chi connectivity index (χ3n) is 3.28. The zero-order chi connectivity index (χ0) is 17.6. The summed E-state index contributed by atoms with van der Waals surface area (Å²) in [4.78, 5) is 12.2. The molecule has 0 fully saturated rings. The highest BCUT2D eigenvalue weighted by atomic mass is 79.9. The van der Waals surface area contributed by atoms with Gasteiger partial charge in [0.1, 0.15) is 0 Å². The van der Waals surface area contributed by atoms with Crippen LogP contribution in [0.1, 0.15) is 56.1 Å². The van der Waals surface area contributed by atoms with E-state index in [0.29, 0.717) is 12.1 Å². The summed E-state index contributed by atoms with van der Waals surface area (Å²) in [5, 5.41) is 7.18. The fraction of sp³-hybridized carbons (Fsp3) is 0.444. The maximum absolute atomic E-state index is 12.2. The van der Waals surface area contributed by atoms with Crippen molar-refractivity contribution in [3.05, 3.63) is 51.8 Å². The maximum Gasteiger partial charge on any atom is 0.254 e. The molecule has 0 atom stereocenters. The van der Waals surface area contributed by atoms with E-state index in [1.54, 1.807) is 17.1 Å². The van der Waals surface area contributed by atoms with Crippen LogP contribution in [0.2, 0.25) is 0 Å². The Balaban J connectivity index is 0.00000127. The molecule has 0 radical (unpaired) electrons. The first kappa shape index (κ1) is 19.4. The summed E-state index contributed by atoms with van der Waals surface area (Å²) in [6.45, 7) is 12.7. The lowest BCUT2D eigenvalue weighted by Crippen LogP contribution is -2.24. The number of aryl methyl sites for hydroxylation is 1. The largest absolute Gasteiger partial charge is 0.348 e. The molecule has 0 aliphatic carbocycles. The fourth-order valence-electron chi connectivity index (χ4n) is 1.94. The van der Waals surface area contributed by atoms with E-state index in [-0.39, 0.29) is 11.4 Å². The Labute approximate surface area is 147 Å². The van der Waals surface area contributed by atoms with Crippen LogP contribution in [0.25, 0.3) is 0 Å². The molecule has 2 aromatic rings. The van der Waals surface area contributed by atoms with Crippen molar-refractivity contribution in [3.63, 3.8) is 0 Å². The number of halogens is 1. The summed E-state index contributed by atoms with van der Waals surface area (Å²) in [5.74, 6) is -0.104. The van der Waals surface area contributed by atoms with Gasteiger partial charge in [0.25, 0.3) is 5.91 Å². The van der Waals surface area contributed by atoms with Crippen LogP contribution in [-0.4, -0.2) is 15.7 Å². The molecule has 1 heterocycles. The summed E-state index contributed by atoms with van der Waals surface area (Å²) < 4.78 is 2.84. The van der Waals surface area contributed by atoms with Crippen LogP contribution < -0.4 is 5.32 Å². The third-order valence-corrected chi connectivity index (χ3v) is 3.77. The number of carbonyl (C=O) groups is 1. The molecule has 2 rings (SSSR count). The highest BCUT2D eigenvalue weighted by Crippen LogP contribution is 2.16. The minimum absolute atomic E-state index is 0.104. The number of amides is 1. The number of carbonyl (C=O) groups excluding carboxylic acids is 1. The van der Waals surface area contributed by atoms with Crippen molar-refractivity contribution in [1.29, 1.82) is 0 Å². The zero-order valence-corrected chi connectivity index (χ0v) is 16.4. The van der Waals surface area contributed by atoms with E-state index in [1.165, 1.54) is 0 Å². The molecule has 0 unspecified atom stereocenters. The summed E-state index contributed by atoms with van der Waals surface area (Å²) in [7, 11) is 0. The Hall–Kier alpha value is -1.62. The van der Waals surface area contributed by atoms with Gasteiger partial charge in [0.15, 0.2) is 0 Å². The average Bonchev–Trinajstić information content (AvgIpc) is 2.98. The van der Waals surface area contributed by atoms with E-state index in [9.17, 15) is 4.79 Å². The molecule has 0 saturated carbocycles. The smallest absolute Gasteiger partial charge is 0.254 e. The molecule has 1 N–H and O–H groups in total. The van der Waals surface area contributed by atoms with Crippen LogP contribution in [-0.2, 0) is 12.1 Å². The van der Waals surface area contributed by atoms with E-state index in [1.807, 2.05) is 59.7 Å². The summed E-state index contributed by atoms with van der Waals surface area (Å²) in [5.41, 5.74) is 2.71. The van der Waals surface area contributed by atoms with E-state index >= 15 is 0 Å². The second-order valence-electron chi connectivity index (χ2n) is 6.10. The topological polar surface area (TPSA) is 46.9 Å². The first-order valence-electron chi connectivity index (χ1n) is 7.86. The molecular formula is C18H26BrN3O. The molecule has 0 bridgehead atoms. The van der Waals surface area contributed by atoms with Crippen molar-refractivity contribution in [3.8, 4) is 0 Å². The van der Waals surface area contributed by atoms with Gasteiger partial charge >= 0.3 is 0 Å². The highest BCUT2D eigenvalue weighted by molar-refractivity contribution is 9.10. The van der Waals surface area contributed by atoms with Crippen LogP contribution in [0.15, 0.2) is 35.1 Å². The number of benzene rings is 1. The lowest BCUT2D eigenvalue weighted by molar-refractivity contribution is 0.0950. The van der Waals surface area contributed by atoms with E-state index in [4.69, 9.17) is 0 Å². The Morgan fingerprint density at radius 2 is 1.96 bits per heavy atom. The van der Waals surface area contributed by atoms with Crippen LogP contribution in [0.3, 0.4) is 0 Å². The predicted molar refractivity (Wildman–Crippen MR) is 98.6 cm³/mol. The highest BCUT2D eigenvalue weighted by Gasteiger charge is 2.16. The fourth-order valence-corrected chi connectivity index (χ4v) is 2.42. The lowest BCUT2D eigenvalue weighted by Gasteiger charge is -2.18. The summed E-state index contributed by atoms with van der Waals surface area (Å²) >= 11 is 3.44. The number of aromatic nitrogens is 2. The van der Waals surface area contributed by atoms with Gasteiger partial charge in [-0.05, 0) is 51.0 Å².